The first-order chi connectivity index (χ1) is 14.8. The summed E-state index contributed by atoms with van der Waals surface area (Å²) in [5, 5.41) is 3.56. The summed E-state index contributed by atoms with van der Waals surface area (Å²) in [7, 11) is 1.53. The molecule has 3 rings (SSSR count). The van der Waals surface area contributed by atoms with Crippen LogP contribution in [0.2, 0.25) is 5.02 Å². The van der Waals surface area contributed by atoms with E-state index in [1.54, 1.807) is 12.1 Å². The Kier molecular flexibility index (Phi) is 7.25. The van der Waals surface area contributed by atoms with Crippen LogP contribution < -0.4 is 5.32 Å². The zero-order valence-corrected chi connectivity index (χ0v) is 18.4. The largest absolute Gasteiger partial charge is 0.451 e. The molecule has 1 aromatic heterocycles. The lowest BCUT2D eigenvalue weighted by Gasteiger charge is -2.21. The minimum absolute atomic E-state index is 0.166. The van der Waals surface area contributed by atoms with Gasteiger partial charge in [-0.25, -0.2) is 4.39 Å². The topological polar surface area (TPSA) is 75.7 Å². The molecule has 1 atom stereocenters. The summed E-state index contributed by atoms with van der Waals surface area (Å²) in [6.45, 7) is 1.20. The van der Waals surface area contributed by atoms with Gasteiger partial charge in [0.1, 0.15) is 17.2 Å². The SMILES string of the molecule is CC(OC(=O)CNC(=O)c1sc2ccccc2c1Cl)C(=O)N(C)Cc1cccc(F)c1. The summed E-state index contributed by atoms with van der Waals surface area (Å²) in [5.41, 5.74) is 0.613. The summed E-state index contributed by atoms with van der Waals surface area (Å²) < 4.78 is 19.3. The van der Waals surface area contributed by atoms with Gasteiger partial charge in [-0.3, -0.25) is 14.4 Å². The zero-order chi connectivity index (χ0) is 22.5. The normalized spacial score (nSPS) is 11.7. The first-order valence-electron chi connectivity index (χ1n) is 9.40. The molecule has 162 valence electrons. The predicted molar refractivity (Wildman–Crippen MR) is 118 cm³/mol. The number of likely N-dealkylation sites (N-methyl/N-ethyl adjacent to an activating group) is 1. The highest BCUT2D eigenvalue weighted by Gasteiger charge is 2.23. The van der Waals surface area contributed by atoms with Crippen LogP contribution in [0.15, 0.2) is 48.5 Å². The zero-order valence-electron chi connectivity index (χ0n) is 16.9. The number of halogens is 2. The summed E-state index contributed by atoms with van der Waals surface area (Å²) in [5.74, 6) is -2.10. The molecular formula is C22H20ClFN2O4S. The first kappa shape index (κ1) is 22.7. The van der Waals surface area contributed by atoms with Gasteiger partial charge in [-0.15, -0.1) is 11.3 Å². The van der Waals surface area contributed by atoms with Crippen LogP contribution in [0.3, 0.4) is 0 Å². The molecule has 0 saturated heterocycles. The van der Waals surface area contributed by atoms with Crippen LogP contribution in [0.5, 0.6) is 0 Å². The van der Waals surface area contributed by atoms with Crippen molar-refractivity contribution in [1.82, 2.24) is 10.2 Å². The molecule has 2 aromatic carbocycles. The highest BCUT2D eigenvalue weighted by atomic mass is 35.5. The molecule has 6 nitrogen and oxygen atoms in total. The number of nitrogens with one attached hydrogen (secondary N) is 1. The molecule has 3 aromatic rings. The summed E-state index contributed by atoms with van der Waals surface area (Å²) in [6, 6.07) is 13.2. The van der Waals surface area contributed by atoms with Crippen molar-refractivity contribution >= 4 is 50.8 Å². The van der Waals surface area contributed by atoms with Gasteiger partial charge in [0.15, 0.2) is 6.10 Å². The van der Waals surface area contributed by atoms with Crippen molar-refractivity contribution in [2.45, 2.75) is 19.6 Å². The number of ether oxygens (including phenoxy) is 1. The van der Waals surface area contributed by atoms with Crippen LogP contribution in [0.1, 0.15) is 22.2 Å². The molecule has 0 aliphatic heterocycles. The van der Waals surface area contributed by atoms with Crippen LogP contribution in [-0.2, 0) is 20.9 Å². The van der Waals surface area contributed by atoms with Crippen LogP contribution in [0.25, 0.3) is 10.1 Å². The molecule has 2 amide bonds. The number of benzene rings is 2. The van der Waals surface area contributed by atoms with E-state index in [1.807, 2.05) is 24.3 Å². The van der Waals surface area contributed by atoms with E-state index in [-0.39, 0.29) is 6.54 Å². The van der Waals surface area contributed by atoms with Crippen molar-refractivity contribution in [3.8, 4) is 0 Å². The van der Waals surface area contributed by atoms with Crippen molar-refractivity contribution in [3.63, 3.8) is 0 Å². The Morgan fingerprint density at radius 3 is 2.65 bits per heavy atom. The molecule has 0 fully saturated rings. The van der Waals surface area contributed by atoms with Crippen molar-refractivity contribution < 1.29 is 23.5 Å². The lowest BCUT2D eigenvalue weighted by molar-refractivity contribution is -0.157. The van der Waals surface area contributed by atoms with E-state index in [2.05, 4.69) is 5.32 Å². The first-order valence-corrected chi connectivity index (χ1v) is 10.6. The highest BCUT2D eigenvalue weighted by Crippen LogP contribution is 2.34. The molecule has 1 unspecified atom stereocenters. The number of carbonyl (C=O) groups excluding carboxylic acids is 3. The van der Waals surface area contributed by atoms with Gasteiger partial charge < -0.3 is 15.0 Å². The van der Waals surface area contributed by atoms with E-state index in [0.717, 1.165) is 10.1 Å². The number of nitrogens with zero attached hydrogens (tertiary/aromatic N) is 1. The number of esters is 1. The van der Waals surface area contributed by atoms with E-state index < -0.39 is 36.2 Å². The van der Waals surface area contributed by atoms with Gasteiger partial charge >= 0.3 is 5.97 Å². The molecule has 0 aliphatic rings. The fourth-order valence-electron chi connectivity index (χ4n) is 2.98. The van der Waals surface area contributed by atoms with Crippen LogP contribution in [-0.4, -0.2) is 42.4 Å². The number of rotatable bonds is 7. The molecule has 0 spiro atoms. The third kappa shape index (κ3) is 5.59. The van der Waals surface area contributed by atoms with Crippen molar-refractivity contribution in [3.05, 3.63) is 69.8 Å². The number of thiophene rings is 1. The summed E-state index contributed by atoms with van der Waals surface area (Å²) >= 11 is 7.49. The molecule has 0 radical (unpaired) electrons. The van der Waals surface area contributed by atoms with Gasteiger partial charge in [0.05, 0.1) is 5.02 Å². The Morgan fingerprint density at radius 1 is 1.19 bits per heavy atom. The maximum atomic E-state index is 13.3. The third-order valence-electron chi connectivity index (χ3n) is 4.48. The van der Waals surface area contributed by atoms with Gasteiger partial charge in [-0.05, 0) is 30.7 Å². The average molecular weight is 463 g/mol. The summed E-state index contributed by atoms with van der Waals surface area (Å²) in [6.07, 6.45) is -1.06. The molecule has 1 N–H and O–H groups in total. The average Bonchev–Trinajstić information content (AvgIpc) is 3.08. The second kappa shape index (κ2) is 9.89. The fraction of sp³-hybridized carbons (Fsp3) is 0.227. The van der Waals surface area contributed by atoms with E-state index >= 15 is 0 Å². The number of hydrogen-bond acceptors (Lipinski definition) is 5. The van der Waals surface area contributed by atoms with Crippen LogP contribution in [0, 0.1) is 5.82 Å². The van der Waals surface area contributed by atoms with Gasteiger partial charge in [0, 0.05) is 23.7 Å². The van der Waals surface area contributed by atoms with Gasteiger partial charge in [0.2, 0.25) is 0 Å². The van der Waals surface area contributed by atoms with E-state index in [4.69, 9.17) is 16.3 Å². The number of hydrogen-bond donors (Lipinski definition) is 1. The smallest absolute Gasteiger partial charge is 0.326 e. The van der Waals surface area contributed by atoms with E-state index in [0.29, 0.717) is 15.5 Å². The number of amides is 2. The van der Waals surface area contributed by atoms with Crippen molar-refractivity contribution in [1.29, 1.82) is 0 Å². The highest BCUT2D eigenvalue weighted by molar-refractivity contribution is 7.21. The monoisotopic (exact) mass is 462 g/mol. The van der Waals surface area contributed by atoms with Crippen molar-refractivity contribution in [2.24, 2.45) is 0 Å². The van der Waals surface area contributed by atoms with Gasteiger partial charge in [-0.2, -0.15) is 0 Å². The van der Waals surface area contributed by atoms with Gasteiger partial charge in [0.25, 0.3) is 11.8 Å². The minimum Gasteiger partial charge on any atom is -0.451 e. The Hall–Kier alpha value is -2.97. The van der Waals surface area contributed by atoms with Crippen LogP contribution in [0.4, 0.5) is 4.39 Å². The molecule has 9 heteroatoms. The fourth-order valence-corrected chi connectivity index (χ4v) is 4.41. The van der Waals surface area contributed by atoms with Gasteiger partial charge in [-0.1, -0.05) is 41.9 Å². The summed E-state index contributed by atoms with van der Waals surface area (Å²) in [4.78, 5) is 38.5. The predicted octanol–water partition coefficient (Wildman–Crippen LogP) is 4.01. The van der Waals surface area contributed by atoms with E-state index in [1.165, 1.54) is 42.3 Å². The quantitative estimate of drug-likeness (QED) is 0.538. The Bertz CT molecular complexity index is 1130. The third-order valence-corrected chi connectivity index (χ3v) is 6.15. The Labute approximate surface area is 187 Å². The molecule has 0 saturated carbocycles. The lowest BCUT2D eigenvalue weighted by Crippen LogP contribution is -2.39. The second-order valence-corrected chi connectivity index (χ2v) is 8.31. The maximum absolute atomic E-state index is 13.3. The molecule has 31 heavy (non-hydrogen) atoms. The lowest BCUT2D eigenvalue weighted by atomic mass is 10.2. The molecule has 1 heterocycles. The Morgan fingerprint density at radius 2 is 1.94 bits per heavy atom. The number of carbonyl (C=O) groups is 3. The maximum Gasteiger partial charge on any atom is 0.326 e. The van der Waals surface area contributed by atoms with E-state index in [9.17, 15) is 18.8 Å². The van der Waals surface area contributed by atoms with Crippen molar-refractivity contribution in [2.75, 3.05) is 13.6 Å². The standard InChI is InChI=1S/C22H20ClFN2O4S/c1-13(22(29)26(2)12-14-6-5-7-15(24)10-14)30-18(27)11-25-21(28)20-19(23)16-8-3-4-9-17(16)31-20/h3-10,13H,11-12H2,1-2H3,(H,25,28). The van der Waals surface area contributed by atoms with Crippen LogP contribution >= 0.6 is 22.9 Å². The molecule has 0 bridgehead atoms. The minimum atomic E-state index is -1.06. The number of fused-ring (bicyclic) bond motifs is 1. The Balaban J connectivity index is 1.51. The molecule has 0 aliphatic carbocycles. The second-order valence-electron chi connectivity index (χ2n) is 6.88. The molecular weight excluding hydrogens is 443 g/mol.